The van der Waals surface area contributed by atoms with Gasteiger partial charge in [0.25, 0.3) is 0 Å². The van der Waals surface area contributed by atoms with E-state index in [2.05, 4.69) is 35.5 Å². The Kier molecular flexibility index (Phi) is 12.0. The van der Waals surface area contributed by atoms with E-state index in [1.165, 1.54) is 29.4 Å². The quantitative estimate of drug-likeness (QED) is 0.121. The summed E-state index contributed by atoms with van der Waals surface area (Å²) < 4.78 is 11.4. The molecule has 0 radical (unpaired) electrons. The highest BCUT2D eigenvalue weighted by molar-refractivity contribution is 7.80. The number of aryl methyl sites for hydroxylation is 2. The second-order valence-corrected chi connectivity index (χ2v) is 10.9. The van der Waals surface area contributed by atoms with Crippen molar-refractivity contribution in [2.45, 2.75) is 78.7 Å². The van der Waals surface area contributed by atoms with E-state index in [1.54, 1.807) is 27.0 Å². The number of allylic oxidation sites excluding steroid dienone is 1. The molecule has 7 nitrogen and oxygen atoms in total. The van der Waals surface area contributed by atoms with E-state index < -0.39 is 11.0 Å². The summed E-state index contributed by atoms with van der Waals surface area (Å²) in [6, 6.07) is 2.37. The fourth-order valence-corrected chi connectivity index (χ4v) is 5.07. The molecule has 37 heavy (non-hydrogen) atoms. The Labute approximate surface area is 228 Å². The maximum atomic E-state index is 10.6. The van der Waals surface area contributed by atoms with Gasteiger partial charge in [-0.2, -0.15) is 0 Å². The van der Waals surface area contributed by atoms with Crippen molar-refractivity contribution in [1.82, 2.24) is 5.32 Å². The zero-order valence-electron chi connectivity index (χ0n) is 23.8. The molecule has 1 aliphatic rings. The molecule has 0 aliphatic heterocycles. The maximum Gasteiger partial charge on any atom is 0.170 e. The van der Waals surface area contributed by atoms with Gasteiger partial charge in [-0.1, -0.05) is 26.3 Å². The molecule has 1 unspecified atom stereocenters. The highest BCUT2D eigenvalue weighted by atomic mass is 32.1. The van der Waals surface area contributed by atoms with Crippen molar-refractivity contribution < 1.29 is 19.7 Å². The van der Waals surface area contributed by atoms with Gasteiger partial charge < -0.3 is 30.3 Å². The van der Waals surface area contributed by atoms with Crippen LogP contribution in [-0.4, -0.2) is 67.2 Å². The van der Waals surface area contributed by atoms with E-state index in [4.69, 9.17) is 21.7 Å². The fourth-order valence-electron chi connectivity index (χ4n) is 4.90. The molecule has 0 spiro atoms. The molecule has 0 amide bonds. The summed E-state index contributed by atoms with van der Waals surface area (Å²) in [6.45, 7) is 10.6. The maximum absolute atomic E-state index is 10.6. The Hall–Kier alpha value is -2.00. The lowest BCUT2D eigenvalue weighted by Gasteiger charge is -2.33. The SMILES string of the molecule is CCCOCC(CO)(CNC(=S)Nc1c(C)c(CCC)cc2c1CCC2)C(/C=C(\OC)C(C)(C)O)=N/C. The third-order valence-electron chi connectivity index (χ3n) is 7.02. The van der Waals surface area contributed by atoms with E-state index in [0.29, 0.717) is 29.7 Å². The summed E-state index contributed by atoms with van der Waals surface area (Å²) in [5, 5.41) is 28.5. The molecule has 2 rings (SSSR count). The molecule has 1 atom stereocenters. The predicted octanol–water partition coefficient (Wildman–Crippen LogP) is 4.50. The van der Waals surface area contributed by atoms with Crippen LogP contribution in [0.3, 0.4) is 0 Å². The molecule has 0 fully saturated rings. The first-order valence-electron chi connectivity index (χ1n) is 13.4. The summed E-state index contributed by atoms with van der Waals surface area (Å²) in [4.78, 5) is 4.47. The van der Waals surface area contributed by atoms with Crippen LogP contribution in [0.15, 0.2) is 22.9 Å². The first-order valence-corrected chi connectivity index (χ1v) is 13.8. The van der Waals surface area contributed by atoms with Gasteiger partial charge in [-0.25, -0.2) is 0 Å². The Balaban J connectivity index is 2.33. The highest BCUT2D eigenvalue weighted by Crippen LogP contribution is 2.35. The van der Waals surface area contributed by atoms with Gasteiger partial charge in [0.2, 0.25) is 0 Å². The van der Waals surface area contributed by atoms with Gasteiger partial charge in [0.1, 0.15) is 11.4 Å². The normalized spacial score (nSPS) is 15.8. The summed E-state index contributed by atoms with van der Waals surface area (Å²) in [5.41, 5.74) is 4.96. The molecule has 4 N–H and O–H groups in total. The molecular formula is C29H47N3O4S. The minimum absolute atomic E-state index is 0.223. The van der Waals surface area contributed by atoms with E-state index in [-0.39, 0.29) is 13.2 Å². The third kappa shape index (κ3) is 7.99. The van der Waals surface area contributed by atoms with E-state index in [1.807, 2.05) is 6.92 Å². The zero-order chi connectivity index (χ0) is 27.6. The number of fused-ring (bicyclic) bond motifs is 1. The van der Waals surface area contributed by atoms with Crippen LogP contribution in [0.2, 0.25) is 0 Å². The number of rotatable bonds is 14. The smallest absolute Gasteiger partial charge is 0.170 e. The molecule has 0 aromatic heterocycles. The molecular weight excluding hydrogens is 486 g/mol. The number of anilines is 1. The molecule has 8 heteroatoms. The van der Waals surface area contributed by atoms with Crippen molar-refractivity contribution >= 4 is 28.7 Å². The van der Waals surface area contributed by atoms with Gasteiger partial charge in [0.05, 0.1) is 31.5 Å². The van der Waals surface area contributed by atoms with Gasteiger partial charge in [-0.3, -0.25) is 4.99 Å². The lowest BCUT2D eigenvalue weighted by atomic mass is 9.82. The number of thiocarbonyl (C=S) groups is 1. The largest absolute Gasteiger partial charge is 0.498 e. The van der Waals surface area contributed by atoms with Crippen molar-refractivity contribution in [2.24, 2.45) is 10.4 Å². The van der Waals surface area contributed by atoms with Crippen LogP contribution in [0.25, 0.3) is 0 Å². The summed E-state index contributed by atoms with van der Waals surface area (Å²) in [7, 11) is 3.17. The van der Waals surface area contributed by atoms with Crippen molar-refractivity contribution in [3.05, 3.63) is 40.2 Å². The van der Waals surface area contributed by atoms with Crippen LogP contribution >= 0.6 is 12.2 Å². The van der Waals surface area contributed by atoms with E-state index in [9.17, 15) is 10.2 Å². The average molecular weight is 534 g/mol. The molecule has 0 saturated carbocycles. The minimum Gasteiger partial charge on any atom is -0.498 e. The van der Waals surface area contributed by atoms with Gasteiger partial charge in [-0.15, -0.1) is 0 Å². The van der Waals surface area contributed by atoms with Crippen LogP contribution in [0.1, 0.15) is 69.2 Å². The lowest BCUT2D eigenvalue weighted by Crippen LogP contribution is -2.49. The first-order chi connectivity index (χ1) is 17.6. The fraction of sp³-hybridized carbons (Fsp3) is 0.655. The Morgan fingerprint density at radius 3 is 2.54 bits per heavy atom. The number of benzene rings is 1. The van der Waals surface area contributed by atoms with Crippen molar-refractivity contribution in [2.75, 3.05) is 45.8 Å². The summed E-state index contributed by atoms with van der Waals surface area (Å²) in [5.74, 6) is 0.348. The zero-order valence-corrected chi connectivity index (χ0v) is 24.6. The Morgan fingerprint density at radius 1 is 1.24 bits per heavy atom. The lowest BCUT2D eigenvalue weighted by molar-refractivity contribution is 0.0454. The van der Waals surface area contributed by atoms with Gasteiger partial charge in [0.15, 0.2) is 5.11 Å². The minimum atomic E-state index is -1.21. The molecule has 1 aromatic rings. The topological polar surface area (TPSA) is 95.3 Å². The standard InChI is InChI=1S/C29H47N3O4S/c1-8-11-21-15-22-12-10-13-23(22)26(20(21)3)32-27(37)31-17-29(18-33,19-36-14-9-2)24(30-6)16-25(35-7)28(4,5)34/h15-16,33-34H,8-14,17-19H2,1-7H3,(H2,31,32,37)/b25-16-,30-24+. The third-order valence-corrected chi connectivity index (χ3v) is 7.26. The summed E-state index contributed by atoms with van der Waals surface area (Å²) >= 11 is 5.75. The molecule has 1 aromatic carbocycles. The number of aliphatic hydroxyl groups excluding tert-OH is 1. The number of nitrogens with one attached hydrogen (secondary N) is 2. The van der Waals surface area contributed by atoms with Crippen LogP contribution in [0.4, 0.5) is 5.69 Å². The number of methoxy groups -OCH3 is 1. The second-order valence-electron chi connectivity index (χ2n) is 10.5. The van der Waals surface area contributed by atoms with Crippen LogP contribution in [0, 0.1) is 12.3 Å². The predicted molar refractivity (Wildman–Crippen MR) is 157 cm³/mol. The van der Waals surface area contributed by atoms with Crippen molar-refractivity contribution in [3.8, 4) is 0 Å². The Morgan fingerprint density at radius 2 is 1.97 bits per heavy atom. The van der Waals surface area contributed by atoms with Gasteiger partial charge in [-0.05, 0) is 87.3 Å². The number of hydrogen-bond acceptors (Lipinski definition) is 6. The summed E-state index contributed by atoms with van der Waals surface area (Å²) in [6.07, 6.45) is 8.00. The number of aliphatic imine (C=N–C) groups is 1. The first kappa shape index (κ1) is 31.2. The van der Waals surface area contributed by atoms with Crippen LogP contribution in [0.5, 0.6) is 0 Å². The average Bonchev–Trinajstić information content (AvgIpc) is 3.32. The molecule has 0 heterocycles. The monoisotopic (exact) mass is 533 g/mol. The number of hydrogen-bond donors (Lipinski definition) is 4. The molecule has 0 bridgehead atoms. The Bertz CT molecular complexity index is 984. The second kappa shape index (κ2) is 14.2. The number of nitrogens with zero attached hydrogens (tertiary/aromatic N) is 1. The van der Waals surface area contributed by atoms with E-state index >= 15 is 0 Å². The van der Waals surface area contributed by atoms with Crippen molar-refractivity contribution in [1.29, 1.82) is 0 Å². The molecule has 0 saturated heterocycles. The highest BCUT2D eigenvalue weighted by Gasteiger charge is 2.37. The van der Waals surface area contributed by atoms with Crippen LogP contribution < -0.4 is 10.6 Å². The molecule has 1 aliphatic carbocycles. The molecule has 208 valence electrons. The number of ether oxygens (including phenoxy) is 2. The number of aliphatic hydroxyl groups is 2. The van der Waals surface area contributed by atoms with Gasteiger partial charge >= 0.3 is 0 Å². The van der Waals surface area contributed by atoms with Crippen LogP contribution in [-0.2, 0) is 28.7 Å². The van der Waals surface area contributed by atoms with E-state index in [0.717, 1.165) is 44.2 Å². The van der Waals surface area contributed by atoms with Crippen molar-refractivity contribution in [3.63, 3.8) is 0 Å². The van der Waals surface area contributed by atoms with Gasteiger partial charge in [0, 0.05) is 32.0 Å².